The number of nitrogens with zero attached hydrogens (tertiary/aromatic N) is 3. The van der Waals surface area contributed by atoms with Crippen LogP contribution < -0.4 is 10.6 Å². The molecule has 1 aromatic carbocycles. The van der Waals surface area contributed by atoms with E-state index in [1.54, 1.807) is 11.0 Å². The number of carbonyl (C=O) groups is 2. The molecular weight excluding hydrogens is 336 g/mol. The van der Waals surface area contributed by atoms with E-state index in [1.165, 1.54) is 12.1 Å². The maximum atomic E-state index is 13.1. The molecule has 0 atom stereocenters. The first-order chi connectivity index (χ1) is 12.5. The molecule has 0 saturated carbocycles. The van der Waals surface area contributed by atoms with Crippen molar-refractivity contribution in [3.05, 3.63) is 33.9 Å². The summed E-state index contributed by atoms with van der Waals surface area (Å²) in [4.78, 5) is 38.9. The van der Waals surface area contributed by atoms with Crippen molar-refractivity contribution in [1.82, 2.24) is 4.90 Å². The van der Waals surface area contributed by atoms with Gasteiger partial charge in [0, 0.05) is 44.2 Å². The van der Waals surface area contributed by atoms with Crippen molar-refractivity contribution in [1.29, 1.82) is 0 Å². The summed E-state index contributed by atoms with van der Waals surface area (Å²) in [6.07, 6.45) is 4.33. The van der Waals surface area contributed by atoms with Gasteiger partial charge in [0.05, 0.1) is 16.2 Å². The van der Waals surface area contributed by atoms with Crippen LogP contribution in [-0.2, 0) is 4.79 Å². The molecule has 140 valence electrons. The Kier molecular flexibility index (Phi) is 5.39. The number of anilines is 1. The summed E-state index contributed by atoms with van der Waals surface area (Å²) in [5.74, 6) is -0.746. The molecule has 2 fully saturated rings. The number of non-ortho nitro benzene ring substituents is 1. The van der Waals surface area contributed by atoms with Crippen LogP contribution in [0, 0.1) is 16.0 Å². The SMILES string of the molecule is NC(=O)C1CCN(C(=O)c2cc([N+](=O)[O-])ccc2N2CCCCC2)CC1. The normalized spacial score (nSPS) is 18.6. The summed E-state index contributed by atoms with van der Waals surface area (Å²) in [7, 11) is 0. The average Bonchev–Trinajstić information content (AvgIpc) is 2.67. The Hall–Kier alpha value is -2.64. The number of carbonyl (C=O) groups excluding carboxylic acids is 2. The second-order valence-corrected chi connectivity index (χ2v) is 6.98. The van der Waals surface area contributed by atoms with E-state index in [1.807, 2.05) is 0 Å². The van der Waals surface area contributed by atoms with Crippen molar-refractivity contribution in [3.63, 3.8) is 0 Å². The van der Waals surface area contributed by atoms with Crippen LogP contribution in [0.4, 0.5) is 11.4 Å². The molecule has 0 aromatic heterocycles. The number of likely N-dealkylation sites (tertiary alicyclic amines) is 1. The van der Waals surface area contributed by atoms with E-state index in [-0.39, 0.29) is 23.4 Å². The van der Waals surface area contributed by atoms with E-state index in [0.29, 0.717) is 31.5 Å². The number of nitrogens with two attached hydrogens (primary N) is 1. The van der Waals surface area contributed by atoms with E-state index >= 15 is 0 Å². The quantitative estimate of drug-likeness (QED) is 0.651. The van der Waals surface area contributed by atoms with E-state index in [9.17, 15) is 19.7 Å². The largest absolute Gasteiger partial charge is 0.371 e. The number of primary amides is 1. The highest BCUT2D eigenvalue weighted by atomic mass is 16.6. The van der Waals surface area contributed by atoms with Crippen LogP contribution in [0.25, 0.3) is 0 Å². The molecule has 2 heterocycles. The predicted molar refractivity (Wildman–Crippen MR) is 97.0 cm³/mol. The van der Waals surface area contributed by atoms with Gasteiger partial charge in [-0.15, -0.1) is 0 Å². The highest BCUT2D eigenvalue weighted by Crippen LogP contribution is 2.30. The van der Waals surface area contributed by atoms with Gasteiger partial charge in [-0.25, -0.2) is 0 Å². The Morgan fingerprint density at radius 1 is 1.08 bits per heavy atom. The maximum absolute atomic E-state index is 13.1. The minimum Gasteiger partial charge on any atom is -0.371 e. The standard InChI is InChI=1S/C18H24N4O4/c19-17(23)13-6-10-21(11-7-13)18(24)15-12-14(22(25)26)4-5-16(15)20-8-2-1-3-9-20/h4-5,12-13H,1-3,6-11H2,(H2,19,23). The number of nitro groups is 1. The minimum atomic E-state index is -0.476. The molecule has 8 heteroatoms. The van der Waals surface area contributed by atoms with Crippen LogP contribution in [0.5, 0.6) is 0 Å². The molecule has 0 radical (unpaired) electrons. The molecule has 1 aromatic rings. The zero-order chi connectivity index (χ0) is 18.7. The van der Waals surface area contributed by atoms with Crippen LogP contribution in [0.3, 0.4) is 0 Å². The van der Waals surface area contributed by atoms with Crippen molar-refractivity contribution >= 4 is 23.2 Å². The first-order valence-electron chi connectivity index (χ1n) is 9.09. The molecule has 0 aliphatic carbocycles. The molecule has 0 spiro atoms. The fourth-order valence-corrected chi connectivity index (χ4v) is 3.76. The highest BCUT2D eigenvalue weighted by Gasteiger charge is 2.29. The molecule has 26 heavy (non-hydrogen) atoms. The van der Waals surface area contributed by atoms with Crippen LogP contribution in [0.15, 0.2) is 18.2 Å². The van der Waals surface area contributed by atoms with Crippen LogP contribution >= 0.6 is 0 Å². The van der Waals surface area contributed by atoms with E-state index < -0.39 is 4.92 Å². The summed E-state index contributed by atoms with van der Waals surface area (Å²) < 4.78 is 0. The van der Waals surface area contributed by atoms with Crippen LogP contribution in [-0.4, -0.2) is 47.8 Å². The number of benzene rings is 1. The number of amides is 2. The Labute approximate surface area is 152 Å². The predicted octanol–water partition coefficient (Wildman–Crippen LogP) is 1.92. The minimum absolute atomic E-state index is 0.0823. The second kappa shape index (κ2) is 7.72. The third-order valence-corrected chi connectivity index (χ3v) is 5.30. The Morgan fingerprint density at radius 3 is 2.31 bits per heavy atom. The molecule has 0 bridgehead atoms. The summed E-state index contributed by atoms with van der Waals surface area (Å²) >= 11 is 0. The third kappa shape index (κ3) is 3.79. The lowest BCUT2D eigenvalue weighted by atomic mass is 9.95. The summed E-state index contributed by atoms with van der Waals surface area (Å²) in [5.41, 5.74) is 6.40. The fraction of sp³-hybridized carbons (Fsp3) is 0.556. The summed E-state index contributed by atoms with van der Waals surface area (Å²) in [5, 5.41) is 11.2. The van der Waals surface area contributed by atoms with Gasteiger partial charge in [-0.1, -0.05) is 0 Å². The van der Waals surface area contributed by atoms with Gasteiger partial charge in [-0.05, 0) is 38.2 Å². The zero-order valence-corrected chi connectivity index (χ0v) is 14.7. The van der Waals surface area contributed by atoms with Gasteiger partial charge in [0.25, 0.3) is 11.6 Å². The molecule has 8 nitrogen and oxygen atoms in total. The molecule has 2 aliphatic heterocycles. The van der Waals surface area contributed by atoms with Crippen LogP contribution in [0.2, 0.25) is 0 Å². The third-order valence-electron chi connectivity index (χ3n) is 5.30. The van der Waals surface area contributed by atoms with Crippen molar-refractivity contribution in [2.45, 2.75) is 32.1 Å². The zero-order valence-electron chi connectivity index (χ0n) is 14.7. The molecule has 0 unspecified atom stereocenters. The smallest absolute Gasteiger partial charge is 0.270 e. The lowest BCUT2D eigenvalue weighted by Crippen LogP contribution is -2.42. The van der Waals surface area contributed by atoms with E-state index in [4.69, 9.17) is 5.73 Å². The first-order valence-corrected chi connectivity index (χ1v) is 9.09. The second-order valence-electron chi connectivity index (χ2n) is 6.98. The van der Waals surface area contributed by atoms with Crippen molar-refractivity contribution in [2.24, 2.45) is 11.7 Å². The van der Waals surface area contributed by atoms with Gasteiger partial charge >= 0.3 is 0 Å². The topological polar surface area (TPSA) is 110 Å². The van der Waals surface area contributed by atoms with Gasteiger partial charge < -0.3 is 15.5 Å². The fourth-order valence-electron chi connectivity index (χ4n) is 3.76. The molecule has 2 saturated heterocycles. The summed E-state index contributed by atoms with van der Waals surface area (Å²) in [6, 6.07) is 4.53. The number of rotatable bonds is 4. The number of nitro benzene ring substituents is 1. The lowest BCUT2D eigenvalue weighted by molar-refractivity contribution is -0.384. The number of hydrogen-bond donors (Lipinski definition) is 1. The van der Waals surface area contributed by atoms with E-state index in [0.717, 1.165) is 38.0 Å². The van der Waals surface area contributed by atoms with E-state index in [2.05, 4.69) is 4.90 Å². The van der Waals surface area contributed by atoms with Crippen molar-refractivity contribution < 1.29 is 14.5 Å². The molecule has 3 rings (SSSR count). The Balaban J connectivity index is 1.86. The first kappa shape index (κ1) is 18.2. The Morgan fingerprint density at radius 2 is 1.73 bits per heavy atom. The Bertz CT molecular complexity index is 707. The number of piperidine rings is 2. The molecule has 2 amide bonds. The van der Waals surface area contributed by atoms with Gasteiger partial charge in [-0.3, -0.25) is 19.7 Å². The number of hydrogen-bond acceptors (Lipinski definition) is 5. The highest BCUT2D eigenvalue weighted by molar-refractivity contribution is 6.00. The molecular formula is C18H24N4O4. The van der Waals surface area contributed by atoms with Crippen molar-refractivity contribution in [2.75, 3.05) is 31.1 Å². The molecule has 2 aliphatic rings. The van der Waals surface area contributed by atoms with Gasteiger partial charge in [0.2, 0.25) is 5.91 Å². The van der Waals surface area contributed by atoms with Crippen molar-refractivity contribution in [3.8, 4) is 0 Å². The average molecular weight is 360 g/mol. The monoisotopic (exact) mass is 360 g/mol. The van der Waals surface area contributed by atoms with Gasteiger partial charge in [0.15, 0.2) is 0 Å². The van der Waals surface area contributed by atoms with Gasteiger partial charge in [0.1, 0.15) is 0 Å². The van der Waals surface area contributed by atoms with Crippen LogP contribution in [0.1, 0.15) is 42.5 Å². The van der Waals surface area contributed by atoms with Gasteiger partial charge in [-0.2, -0.15) is 0 Å². The lowest BCUT2D eigenvalue weighted by Gasteiger charge is -2.34. The summed E-state index contributed by atoms with van der Waals surface area (Å²) in [6.45, 7) is 2.58. The maximum Gasteiger partial charge on any atom is 0.270 e. The molecule has 2 N–H and O–H groups in total.